The molecular formula is C26H25N3O3S2. The number of anilines is 1. The number of para-hydroxylation sites is 3. The van der Waals surface area contributed by atoms with Gasteiger partial charge in [0.15, 0.2) is 15.0 Å². The van der Waals surface area contributed by atoms with E-state index in [4.69, 9.17) is 4.98 Å². The van der Waals surface area contributed by atoms with Crippen molar-refractivity contribution in [3.63, 3.8) is 0 Å². The standard InChI is InChI=1S/C26H25N3O3S2/c1-19-8-7-11-21(16-19)29-24-13-6-5-12-23(24)27-26(29)33-17-25(30)28(20-9-3-2-4-10-20)22-14-15-34(31,32)18-22/h2-13,16,22H,14-15,17-18H2,1H3. The summed E-state index contributed by atoms with van der Waals surface area (Å²) in [5, 5.41) is 0.729. The van der Waals surface area contributed by atoms with Crippen molar-refractivity contribution >= 4 is 44.2 Å². The molecule has 4 aromatic rings. The van der Waals surface area contributed by atoms with E-state index in [1.165, 1.54) is 11.8 Å². The van der Waals surface area contributed by atoms with Gasteiger partial charge in [-0.05, 0) is 55.3 Å². The van der Waals surface area contributed by atoms with E-state index >= 15 is 0 Å². The van der Waals surface area contributed by atoms with Crippen molar-refractivity contribution in [3.05, 3.63) is 84.4 Å². The fourth-order valence-electron chi connectivity index (χ4n) is 4.44. The molecule has 1 unspecified atom stereocenters. The second kappa shape index (κ2) is 9.27. The second-order valence-corrected chi connectivity index (χ2v) is 11.7. The van der Waals surface area contributed by atoms with E-state index in [2.05, 4.69) is 10.6 Å². The summed E-state index contributed by atoms with van der Waals surface area (Å²) in [5.74, 6) is 0.145. The van der Waals surface area contributed by atoms with Crippen molar-refractivity contribution in [3.8, 4) is 5.69 Å². The van der Waals surface area contributed by atoms with Crippen LogP contribution in [0.25, 0.3) is 16.7 Å². The van der Waals surface area contributed by atoms with Crippen LogP contribution in [-0.2, 0) is 14.6 Å². The van der Waals surface area contributed by atoms with Crippen molar-refractivity contribution < 1.29 is 13.2 Å². The van der Waals surface area contributed by atoms with E-state index in [0.717, 1.165) is 33.1 Å². The number of thioether (sulfide) groups is 1. The summed E-state index contributed by atoms with van der Waals surface area (Å²) in [6.45, 7) is 2.05. The Balaban J connectivity index is 1.46. The second-order valence-electron chi connectivity index (χ2n) is 8.50. The van der Waals surface area contributed by atoms with Gasteiger partial charge < -0.3 is 4.90 Å². The van der Waals surface area contributed by atoms with Crippen molar-refractivity contribution in [1.82, 2.24) is 9.55 Å². The fourth-order valence-corrected chi connectivity index (χ4v) is 7.03. The van der Waals surface area contributed by atoms with E-state index in [9.17, 15) is 13.2 Å². The van der Waals surface area contributed by atoms with Crippen molar-refractivity contribution in [2.75, 3.05) is 22.2 Å². The highest BCUT2D eigenvalue weighted by molar-refractivity contribution is 7.99. The summed E-state index contributed by atoms with van der Waals surface area (Å²) >= 11 is 1.37. The average Bonchev–Trinajstić information content (AvgIpc) is 3.38. The van der Waals surface area contributed by atoms with E-state index < -0.39 is 9.84 Å². The van der Waals surface area contributed by atoms with Gasteiger partial charge in [0.1, 0.15) is 0 Å². The maximum atomic E-state index is 13.5. The van der Waals surface area contributed by atoms with Crippen LogP contribution in [0.1, 0.15) is 12.0 Å². The van der Waals surface area contributed by atoms with Gasteiger partial charge in [0.2, 0.25) is 5.91 Å². The summed E-state index contributed by atoms with van der Waals surface area (Å²) < 4.78 is 26.4. The minimum atomic E-state index is -3.13. The van der Waals surface area contributed by atoms with Gasteiger partial charge in [0, 0.05) is 11.4 Å². The number of aryl methyl sites for hydroxylation is 1. The summed E-state index contributed by atoms with van der Waals surface area (Å²) in [4.78, 5) is 20.0. The molecule has 0 saturated carbocycles. The highest BCUT2D eigenvalue weighted by atomic mass is 32.2. The SMILES string of the molecule is Cc1cccc(-n2c(SCC(=O)N(c3ccccc3)C3CCS(=O)(=O)C3)nc3ccccc32)c1. The van der Waals surface area contributed by atoms with Crippen LogP contribution < -0.4 is 4.90 Å². The first kappa shape index (κ1) is 22.7. The average molecular weight is 492 g/mol. The molecule has 1 aliphatic rings. The number of aromatic nitrogens is 2. The van der Waals surface area contributed by atoms with Gasteiger partial charge in [-0.1, -0.05) is 54.2 Å². The molecule has 0 radical (unpaired) electrons. The number of imidazole rings is 1. The normalized spacial score (nSPS) is 17.1. The summed E-state index contributed by atoms with van der Waals surface area (Å²) in [7, 11) is -3.13. The Morgan fingerprint density at radius 3 is 2.56 bits per heavy atom. The van der Waals surface area contributed by atoms with Crippen LogP contribution in [0, 0.1) is 6.92 Å². The Morgan fingerprint density at radius 2 is 1.82 bits per heavy atom. The Kier molecular flexibility index (Phi) is 6.18. The van der Waals surface area contributed by atoms with Crippen molar-refractivity contribution in [1.29, 1.82) is 0 Å². The minimum Gasteiger partial charge on any atom is -0.308 e. The summed E-state index contributed by atoms with van der Waals surface area (Å²) in [6.07, 6.45) is 0.454. The molecule has 3 aromatic carbocycles. The largest absolute Gasteiger partial charge is 0.308 e. The van der Waals surface area contributed by atoms with E-state index in [1.807, 2.05) is 79.7 Å². The van der Waals surface area contributed by atoms with Crippen molar-refractivity contribution in [2.24, 2.45) is 0 Å². The van der Waals surface area contributed by atoms with Crippen LogP contribution in [0.2, 0.25) is 0 Å². The van der Waals surface area contributed by atoms with Crippen LogP contribution in [0.3, 0.4) is 0 Å². The first-order valence-electron chi connectivity index (χ1n) is 11.2. The van der Waals surface area contributed by atoms with Crippen LogP contribution in [-0.4, -0.2) is 47.2 Å². The number of sulfone groups is 1. The van der Waals surface area contributed by atoms with Crippen LogP contribution in [0.15, 0.2) is 84.0 Å². The number of fused-ring (bicyclic) bond motifs is 1. The molecule has 5 rings (SSSR count). The zero-order valence-electron chi connectivity index (χ0n) is 18.8. The van der Waals surface area contributed by atoms with Gasteiger partial charge in [0.05, 0.1) is 34.3 Å². The van der Waals surface area contributed by atoms with E-state index in [0.29, 0.717) is 6.42 Å². The third kappa shape index (κ3) is 4.60. The number of benzene rings is 3. The Morgan fingerprint density at radius 1 is 1.06 bits per heavy atom. The quantitative estimate of drug-likeness (QED) is 0.367. The third-order valence-electron chi connectivity index (χ3n) is 5.99. The molecule has 2 heterocycles. The maximum absolute atomic E-state index is 13.5. The molecule has 6 nitrogen and oxygen atoms in total. The molecule has 1 aliphatic heterocycles. The molecule has 1 fully saturated rings. The number of amides is 1. The van der Waals surface area contributed by atoms with Gasteiger partial charge in [-0.15, -0.1) is 0 Å². The Hall–Kier alpha value is -3.10. The molecule has 8 heteroatoms. The molecule has 1 saturated heterocycles. The molecule has 1 atom stereocenters. The first-order chi connectivity index (χ1) is 16.4. The Labute approximate surface area is 203 Å². The van der Waals surface area contributed by atoms with Gasteiger partial charge in [-0.3, -0.25) is 9.36 Å². The van der Waals surface area contributed by atoms with Gasteiger partial charge in [-0.25, -0.2) is 13.4 Å². The summed E-state index contributed by atoms with van der Waals surface area (Å²) in [6, 6.07) is 25.1. The lowest BCUT2D eigenvalue weighted by molar-refractivity contribution is -0.116. The van der Waals surface area contributed by atoms with E-state index in [-0.39, 0.29) is 29.2 Å². The molecule has 0 bridgehead atoms. The zero-order chi connectivity index (χ0) is 23.7. The lowest BCUT2D eigenvalue weighted by Crippen LogP contribution is -2.42. The van der Waals surface area contributed by atoms with Gasteiger partial charge in [0.25, 0.3) is 0 Å². The molecular weight excluding hydrogens is 466 g/mol. The fraction of sp³-hybridized carbons (Fsp3) is 0.231. The number of hydrogen-bond acceptors (Lipinski definition) is 5. The highest BCUT2D eigenvalue weighted by Crippen LogP contribution is 2.30. The predicted octanol–water partition coefficient (Wildman–Crippen LogP) is 4.65. The topological polar surface area (TPSA) is 72.3 Å². The lowest BCUT2D eigenvalue weighted by Gasteiger charge is -2.28. The molecule has 174 valence electrons. The number of carbonyl (C=O) groups excluding carboxylic acids is 1. The minimum absolute atomic E-state index is 0.000105. The monoisotopic (exact) mass is 491 g/mol. The maximum Gasteiger partial charge on any atom is 0.237 e. The third-order valence-corrected chi connectivity index (χ3v) is 8.66. The number of nitrogens with zero attached hydrogens (tertiary/aromatic N) is 3. The van der Waals surface area contributed by atoms with Crippen molar-refractivity contribution in [2.45, 2.75) is 24.5 Å². The molecule has 1 amide bonds. The van der Waals surface area contributed by atoms with Crippen LogP contribution >= 0.6 is 11.8 Å². The molecule has 0 N–H and O–H groups in total. The summed E-state index contributed by atoms with van der Waals surface area (Å²) in [5.41, 5.74) is 4.69. The molecule has 1 aromatic heterocycles. The number of hydrogen-bond donors (Lipinski definition) is 0. The van der Waals surface area contributed by atoms with Crippen LogP contribution in [0.4, 0.5) is 5.69 Å². The smallest absolute Gasteiger partial charge is 0.237 e. The van der Waals surface area contributed by atoms with Crippen LogP contribution in [0.5, 0.6) is 0 Å². The van der Waals surface area contributed by atoms with Gasteiger partial charge in [-0.2, -0.15) is 0 Å². The number of rotatable bonds is 6. The number of carbonyl (C=O) groups is 1. The zero-order valence-corrected chi connectivity index (χ0v) is 20.4. The molecule has 34 heavy (non-hydrogen) atoms. The first-order valence-corrected chi connectivity index (χ1v) is 14.0. The Bertz CT molecular complexity index is 1450. The van der Waals surface area contributed by atoms with Gasteiger partial charge >= 0.3 is 0 Å². The molecule has 0 spiro atoms. The highest BCUT2D eigenvalue weighted by Gasteiger charge is 2.35. The van der Waals surface area contributed by atoms with E-state index in [1.54, 1.807) is 4.90 Å². The molecule has 0 aliphatic carbocycles. The lowest BCUT2D eigenvalue weighted by atomic mass is 10.2. The predicted molar refractivity (Wildman–Crippen MR) is 138 cm³/mol.